The minimum Gasteiger partial charge on any atom is -0.481 e. The number of oxazole rings is 1. The molecule has 3 heterocycles. The van der Waals surface area contributed by atoms with Crippen molar-refractivity contribution in [2.24, 2.45) is 5.92 Å². The van der Waals surface area contributed by atoms with Crippen molar-refractivity contribution in [2.45, 2.75) is 57.0 Å². The normalized spacial score (nSPS) is 21.6. The third-order valence-electron chi connectivity index (χ3n) is 8.01. The number of carbonyl (C=O) groups excluding carboxylic acids is 1. The summed E-state index contributed by atoms with van der Waals surface area (Å²) in [4.78, 5) is 34.9. The Morgan fingerprint density at radius 3 is 2.58 bits per heavy atom. The average Bonchev–Trinajstić information content (AvgIpc) is 3.66. The molecule has 208 valence electrons. The van der Waals surface area contributed by atoms with Crippen LogP contribution in [0.3, 0.4) is 0 Å². The summed E-state index contributed by atoms with van der Waals surface area (Å²) in [5, 5.41) is 11.0. The van der Waals surface area contributed by atoms with E-state index in [-0.39, 0.29) is 22.6 Å². The predicted octanol–water partition coefficient (Wildman–Crippen LogP) is 5.67. The first-order valence-corrected chi connectivity index (χ1v) is 13.6. The molecule has 1 atom stereocenters. The van der Waals surface area contributed by atoms with E-state index in [2.05, 4.69) is 9.97 Å². The van der Waals surface area contributed by atoms with E-state index in [9.17, 15) is 14.7 Å². The number of hydrogen-bond donors (Lipinski definition) is 1. The van der Waals surface area contributed by atoms with E-state index < -0.39 is 42.0 Å². The second-order valence-electron chi connectivity index (χ2n) is 10.6. The number of rotatable bonds is 8. The molecule has 1 aliphatic carbocycles. The lowest BCUT2D eigenvalue weighted by atomic mass is 9.87. The number of Topliss-reactive ketones (excluding diaryl/α,β-unsaturated/α-hetero) is 1. The maximum Gasteiger partial charge on any atom is 0.330 e. The van der Waals surface area contributed by atoms with Gasteiger partial charge in [0.15, 0.2) is 11.4 Å². The molecule has 0 amide bonds. The van der Waals surface area contributed by atoms with Gasteiger partial charge in [0.1, 0.15) is 11.2 Å². The maximum atomic E-state index is 16.5. The van der Waals surface area contributed by atoms with E-state index in [0.29, 0.717) is 44.5 Å². The summed E-state index contributed by atoms with van der Waals surface area (Å²) in [6.45, 7) is 0.690. The fourth-order valence-corrected chi connectivity index (χ4v) is 5.78. The number of alkyl halides is 1. The molecule has 40 heavy (non-hydrogen) atoms. The van der Waals surface area contributed by atoms with Gasteiger partial charge in [-0.1, -0.05) is 30.3 Å². The van der Waals surface area contributed by atoms with Crippen LogP contribution in [-0.4, -0.2) is 56.9 Å². The number of halogens is 2. The molecule has 10 heteroatoms. The van der Waals surface area contributed by atoms with Gasteiger partial charge >= 0.3 is 11.9 Å². The first-order valence-electron chi connectivity index (χ1n) is 13.6. The van der Waals surface area contributed by atoms with Gasteiger partial charge < -0.3 is 14.3 Å². The Balaban J connectivity index is 1.26. The van der Waals surface area contributed by atoms with E-state index in [0.717, 1.165) is 23.6 Å². The van der Waals surface area contributed by atoms with Gasteiger partial charge in [-0.25, -0.2) is 14.3 Å². The Bertz CT molecular complexity index is 1570. The summed E-state index contributed by atoms with van der Waals surface area (Å²) >= 11 is 0. The molecule has 0 bridgehead atoms. The van der Waals surface area contributed by atoms with E-state index in [1.165, 1.54) is 11.0 Å². The SMILES string of the molecule is O=C(Cc1ccc2nc(-c3nccc4ccccc34)oc2c1F)C(F)(O[C@H]1CC[C@H](C(=O)O)CC1)N1CCCC1. The quantitative estimate of drug-likeness (QED) is 0.280. The van der Waals surface area contributed by atoms with Crippen molar-refractivity contribution in [2.75, 3.05) is 13.1 Å². The number of carbonyl (C=O) groups is 2. The van der Waals surface area contributed by atoms with Crippen LogP contribution < -0.4 is 0 Å². The molecule has 2 aliphatic rings. The van der Waals surface area contributed by atoms with E-state index in [1.54, 1.807) is 12.3 Å². The van der Waals surface area contributed by atoms with Crippen LogP contribution >= 0.6 is 0 Å². The summed E-state index contributed by atoms with van der Waals surface area (Å²) in [7, 11) is 0. The molecule has 1 saturated heterocycles. The number of fused-ring (bicyclic) bond motifs is 2. The number of hydrogen-bond acceptors (Lipinski definition) is 7. The molecule has 1 N–H and O–H groups in total. The van der Waals surface area contributed by atoms with Crippen molar-refractivity contribution in [1.29, 1.82) is 0 Å². The predicted molar refractivity (Wildman–Crippen MR) is 143 cm³/mol. The number of aliphatic carboxylic acids is 1. The lowest BCUT2D eigenvalue weighted by Crippen LogP contribution is -2.54. The van der Waals surface area contributed by atoms with Gasteiger partial charge in [-0.15, -0.1) is 0 Å². The lowest BCUT2D eigenvalue weighted by molar-refractivity contribution is -0.252. The van der Waals surface area contributed by atoms with Crippen LogP contribution in [0.4, 0.5) is 8.78 Å². The Morgan fingerprint density at radius 1 is 1.07 bits per heavy atom. The van der Waals surface area contributed by atoms with Gasteiger partial charge in [-0.2, -0.15) is 4.39 Å². The summed E-state index contributed by atoms with van der Waals surface area (Å²) in [6, 6.07) is 12.4. The molecule has 8 nitrogen and oxygen atoms in total. The highest BCUT2D eigenvalue weighted by Gasteiger charge is 2.49. The minimum absolute atomic E-state index is 0.0227. The van der Waals surface area contributed by atoms with E-state index in [4.69, 9.17) is 9.15 Å². The van der Waals surface area contributed by atoms with Crippen LogP contribution in [0.25, 0.3) is 33.5 Å². The molecular weight excluding hydrogens is 520 g/mol. The fraction of sp³-hybridized carbons (Fsp3) is 0.400. The second-order valence-corrected chi connectivity index (χ2v) is 10.6. The van der Waals surface area contributed by atoms with Crippen molar-refractivity contribution in [3.63, 3.8) is 0 Å². The van der Waals surface area contributed by atoms with Crippen LogP contribution in [0.2, 0.25) is 0 Å². The topological polar surface area (TPSA) is 106 Å². The number of pyridine rings is 1. The number of likely N-dealkylation sites (tertiary alicyclic amines) is 1. The summed E-state index contributed by atoms with van der Waals surface area (Å²) in [5.41, 5.74) is 0.573. The monoisotopic (exact) mass is 549 g/mol. The number of aromatic nitrogens is 2. The molecular formula is C30H29F2N3O5. The lowest BCUT2D eigenvalue weighted by Gasteiger charge is -2.37. The highest BCUT2D eigenvalue weighted by atomic mass is 19.2. The molecule has 1 unspecified atom stereocenters. The molecule has 1 aliphatic heterocycles. The van der Waals surface area contributed by atoms with Gasteiger partial charge in [0, 0.05) is 31.1 Å². The van der Waals surface area contributed by atoms with Crippen molar-refractivity contribution in [3.05, 3.63) is 60.0 Å². The highest BCUT2D eigenvalue weighted by molar-refractivity contribution is 5.94. The van der Waals surface area contributed by atoms with Crippen LogP contribution in [0.5, 0.6) is 0 Å². The summed E-state index contributed by atoms with van der Waals surface area (Å²) in [5.74, 6) is -5.63. The first kappa shape index (κ1) is 26.5. The molecule has 4 aromatic rings. The van der Waals surface area contributed by atoms with Crippen LogP contribution in [0.1, 0.15) is 44.1 Å². The Kier molecular flexibility index (Phi) is 7.06. The number of ketones is 1. The number of ether oxygens (including phenoxy) is 1. The molecule has 0 spiro atoms. The second kappa shape index (κ2) is 10.7. The van der Waals surface area contributed by atoms with Crippen LogP contribution in [0, 0.1) is 11.7 Å². The average molecular weight is 550 g/mol. The van der Waals surface area contributed by atoms with E-state index in [1.807, 2.05) is 30.3 Å². The van der Waals surface area contributed by atoms with Gasteiger partial charge in [0.2, 0.25) is 11.7 Å². The van der Waals surface area contributed by atoms with E-state index >= 15 is 8.78 Å². The number of carboxylic acid groups (broad SMARTS) is 1. The maximum absolute atomic E-state index is 16.5. The van der Waals surface area contributed by atoms with Crippen molar-refractivity contribution < 1.29 is 32.6 Å². The van der Waals surface area contributed by atoms with Crippen molar-refractivity contribution >= 4 is 33.6 Å². The number of carboxylic acids is 1. The number of benzene rings is 2. The third kappa shape index (κ3) is 4.86. The minimum atomic E-state index is -2.72. The zero-order valence-electron chi connectivity index (χ0n) is 21.8. The Hall–Kier alpha value is -3.76. The van der Waals surface area contributed by atoms with Gasteiger partial charge in [0.25, 0.3) is 0 Å². The molecule has 6 rings (SSSR count). The van der Waals surface area contributed by atoms with Crippen LogP contribution in [-0.2, 0) is 20.7 Å². The largest absolute Gasteiger partial charge is 0.481 e. The zero-order chi connectivity index (χ0) is 27.9. The Labute approximate surface area is 229 Å². The number of nitrogens with zero attached hydrogens (tertiary/aromatic N) is 3. The highest BCUT2D eigenvalue weighted by Crippen LogP contribution is 2.36. The molecule has 2 aromatic carbocycles. The third-order valence-corrected chi connectivity index (χ3v) is 8.01. The first-order chi connectivity index (χ1) is 19.3. The molecule has 2 fully saturated rings. The van der Waals surface area contributed by atoms with Gasteiger partial charge in [0.05, 0.1) is 12.0 Å². The van der Waals surface area contributed by atoms with Crippen LogP contribution in [0.15, 0.2) is 53.1 Å². The Morgan fingerprint density at radius 2 is 1.82 bits per heavy atom. The fourth-order valence-electron chi connectivity index (χ4n) is 5.78. The van der Waals surface area contributed by atoms with Gasteiger partial charge in [-0.05, 0) is 61.6 Å². The molecule has 0 radical (unpaired) electrons. The van der Waals surface area contributed by atoms with Crippen molar-refractivity contribution in [1.82, 2.24) is 14.9 Å². The smallest absolute Gasteiger partial charge is 0.330 e. The summed E-state index contributed by atoms with van der Waals surface area (Å²) in [6.07, 6.45) is 3.32. The van der Waals surface area contributed by atoms with Gasteiger partial charge in [-0.3, -0.25) is 14.6 Å². The molecule has 2 aromatic heterocycles. The zero-order valence-corrected chi connectivity index (χ0v) is 21.8. The molecule has 1 saturated carbocycles. The van der Waals surface area contributed by atoms with Crippen molar-refractivity contribution in [3.8, 4) is 11.6 Å². The summed E-state index contributed by atoms with van der Waals surface area (Å²) < 4.78 is 43.8. The standard InChI is InChI=1S/C30H29F2N3O5/c31-25-20(9-12-23-27(25)39-28(34-23)26-22-6-2-1-5-18(22)13-14-33-26)17-24(36)30(32,35-15-3-4-16-35)40-21-10-7-19(8-11-21)29(37)38/h1-2,5-6,9,12-14,19,21H,3-4,7-8,10-11,15-17H2,(H,37,38)/t19-,21-,30?.